The smallest absolute Gasteiger partial charge is 0.252 e. The van der Waals surface area contributed by atoms with Crippen LogP contribution < -0.4 is 16.2 Å². The number of hydrogen-bond acceptors (Lipinski definition) is 4. The Morgan fingerprint density at radius 1 is 1.14 bits per heavy atom. The molecule has 2 aromatic rings. The quantitative estimate of drug-likeness (QED) is 0.798. The molecule has 0 saturated heterocycles. The van der Waals surface area contributed by atoms with Crippen molar-refractivity contribution in [3.05, 3.63) is 53.6 Å². The highest BCUT2D eigenvalue weighted by Crippen LogP contribution is 2.27. The number of carbonyl (C=O) groups is 1. The summed E-state index contributed by atoms with van der Waals surface area (Å²) in [6.07, 6.45) is 0.835. The summed E-state index contributed by atoms with van der Waals surface area (Å²) in [5.41, 5.74) is 13.0. The van der Waals surface area contributed by atoms with Crippen LogP contribution >= 0.6 is 0 Å². The number of amides is 1. The zero-order chi connectivity index (χ0) is 15.2. The third-order valence-corrected chi connectivity index (χ3v) is 3.02. The van der Waals surface area contributed by atoms with Gasteiger partial charge in [-0.05, 0) is 36.2 Å². The van der Waals surface area contributed by atoms with Gasteiger partial charge in [-0.3, -0.25) is 4.79 Å². The van der Waals surface area contributed by atoms with Gasteiger partial charge in [-0.25, -0.2) is 0 Å². The van der Waals surface area contributed by atoms with Gasteiger partial charge in [0.1, 0.15) is 11.5 Å². The van der Waals surface area contributed by atoms with Gasteiger partial charge in [-0.15, -0.1) is 0 Å². The minimum absolute atomic E-state index is 0.299. The number of benzene rings is 2. The summed E-state index contributed by atoms with van der Waals surface area (Å²) in [6.45, 7) is 0.668. The molecule has 0 unspecified atom stereocenters. The van der Waals surface area contributed by atoms with Crippen LogP contribution in [0.1, 0.15) is 15.9 Å². The van der Waals surface area contributed by atoms with Crippen LogP contribution in [0.5, 0.6) is 11.5 Å². The van der Waals surface area contributed by atoms with Crippen molar-refractivity contribution in [3.8, 4) is 11.5 Å². The molecule has 0 fully saturated rings. The molecule has 0 heterocycles. The molecule has 5 nitrogen and oxygen atoms in total. The molecule has 0 atom stereocenters. The number of primary amides is 1. The largest absolute Gasteiger partial charge is 0.456 e. The van der Waals surface area contributed by atoms with Gasteiger partial charge >= 0.3 is 0 Å². The Balaban J connectivity index is 2.18. The van der Waals surface area contributed by atoms with Crippen molar-refractivity contribution in [2.75, 3.05) is 19.5 Å². The number of rotatable bonds is 6. The van der Waals surface area contributed by atoms with E-state index < -0.39 is 5.91 Å². The molecule has 0 aliphatic carbocycles. The van der Waals surface area contributed by atoms with E-state index in [1.807, 2.05) is 24.3 Å². The average Bonchev–Trinajstić information content (AvgIpc) is 2.46. The molecule has 21 heavy (non-hydrogen) atoms. The Bertz CT molecular complexity index is 624. The van der Waals surface area contributed by atoms with E-state index in [0.717, 1.165) is 12.0 Å². The molecule has 0 saturated carbocycles. The second-order valence-corrected chi connectivity index (χ2v) is 4.61. The first-order valence-electron chi connectivity index (χ1n) is 6.55. The van der Waals surface area contributed by atoms with Crippen molar-refractivity contribution in [1.29, 1.82) is 0 Å². The zero-order valence-corrected chi connectivity index (χ0v) is 11.8. The zero-order valence-electron chi connectivity index (χ0n) is 11.8. The van der Waals surface area contributed by atoms with Crippen LogP contribution in [-0.4, -0.2) is 19.6 Å². The highest BCUT2D eigenvalue weighted by molar-refractivity contribution is 5.96. The van der Waals surface area contributed by atoms with E-state index in [1.165, 1.54) is 0 Å². The Kier molecular flexibility index (Phi) is 4.79. The molecule has 0 aliphatic heterocycles. The van der Waals surface area contributed by atoms with Gasteiger partial charge in [0.2, 0.25) is 0 Å². The van der Waals surface area contributed by atoms with Crippen LogP contribution in [0.25, 0.3) is 0 Å². The molecule has 4 N–H and O–H groups in total. The number of anilines is 1. The van der Waals surface area contributed by atoms with Gasteiger partial charge in [-0.1, -0.05) is 12.1 Å². The lowest BCUT2D eigenvalue weighted by atomic mass is 10.1. The van der Waals surface area contributed by atoms with Gasteiger partial charge in [0.15, 0.2) is 0 Å². The van der Waals surface area contributed by atoms with Gasteiger partial charge in [0, 0.05) is 18.9 Å². The number of nitrogens with two attached hydrogens (primary N) is 2. The molecular formula is C16H18N2O3. The predicted molar refractivity (Wildman–Crippen MR) is 81.5 cm³/mol. The number of ether oxygens (including phenoxy) is 2. The number of methoxy groups -OCH3 is 1. The third kappa shape index (κ3) is 3.97. The number of carbonyl (C=O) groups excluding carboxylic acids is 1. The summed E-state index contributed by atoms with van der Waals surface area (Å²) in [5, 5.41) is 0. The second-order valence-electron chi connectivity index (χ2n) is 4.61. The van der Waals surface area contributed by atoms with Crippen LogP contribution in [0.15, 0.2) is 42.5 Å². The van der Waals surface area contributed by atoms with Crippen molar-refractivity contribution in [3.63, 3.8) is 0 Å². The highest BCUT2D eigenvalue weighted by Gasteiger charge is 2.10. The Hall–Kier alpha value is -2.53. The standard InChI is InChI=1S/C16H18N2O3/c1-20-9-8-11-2-5-13(6-3-11)21-15-10-12(17)4-7-14(15)16(18)19/h2-7,10H,8-9,17H2,1H3,(H2,18,19). The minimum Gasteiger partial charge on any atom is -0.456 e. The number of hydrogen-bond donors (Lipinski definition) is 2. The SMILES string of the molecule is COCCc1ccc(Oc2cc(N)ccc2C(N)=O)cc1. The van der Waals surface area contributed by atoms with E-state index in [-0.39, 0.29) is 0 Å². The first-order valence-corrected chi connectivity index (χ1v) is 6.55. The first kappa shape index (κ1) is 14.9. The van der Waals surface area contributed by atoms with Crippen molar-refractivity contribution >= 4 is 11.6 Å². The van der Waals surface area contributed by atoms with Crippen LogP contribution in [0.2, 0.25) is 0 Å². The van der Waals surface area contributed by atoms with E-state index in [4.69, 9.17) is 20.9 Å². The predicted octanol–water partition coefficient (Wildman–Crippen LogP) is 2.35. The van der Waals surface area contributed by atoms with Gasteiger partial charge < -0.3 is 20.9 Å². The highest BCUT2D eigenvalue weighted by atomic mass is 16.5. The van der Waals surface area contributed by atoms with Crippen LogP contribution in [0.3, 0.4) is 0 Å². The lowest BCUT2D eigenvalue weighted by molar-refractivity contribution is 0.0998. The summed E-state index contributed by atoms with van der Waals surface area (Å²) < 4.78 is 10.7. The maximum atomic E-state index is 11.4. The van der Waals surface area contributed by atoms with E-state index in [0.29, 0.717) is 29.4 Å². The fraction of sp³-hybridized carbons (Fsp3) is 0.188. The topological polar surface area (TPSA) is 87.6 Å². The summed E-state index contributed by atoms with van der Waals surface area (Å²) >= 11 is 0. The first-order chi connectivity index (χ1) is 10.1. The fourth-order valence-corrected chi connectivity index (χ4v) is 1.90. The Labute approximate surface area is 123 Å². The molecule has 0 aliphatic rings. The Morgan fingerprint density at radius 3 is 2.48 bits per heavy atom. The minimum atomic E-state index is -0.554. The normalized spacial score (nSPS) is 10.3. The van der Waals surface area contributed by atoms with Crippen molar-refractivity contribution in [1.82, 2.24) is 0 Å². The van der Waals surface area contributed by atoms with Crippen LogP contribution in [-0.2, 0) is 11.2 Å². The lowest BCUT2D eigenvalue weighted by Crippen LogP contribution is -2.12. The monoisotopic (exact) mass is 286 g/mol. The Morgan fingerprint density at radius 2 is 1.86 bits per heavy atom. The third-order valence-electron chi connectivity index (χ3n) is 3.02. The average molecular weight is 286 g/mol. The summed E-state index contributed by atoms with van der Waals surface area (Å²) in [6, 6.07) is 12.3. The molecule has 1 amide bonds. The lowest BCUT2D eigenvalue weighted by Gasteiger charge is -2.10. The van der Waals surface area contributed by atoms with E-state index in [9.17, 15) is 4.79 Å². The maximum absolute atomic E-state index is 11.4. The van der Waals surface area contributed by atoms with E-state index >= 15 is 0 Å². The van der Waals surface area contributed by atoms with Gasteiger partial charge in [-0.2, -0.15) is 0 Å². The summed E-state index contributed by atoms with van der Waals surface area (Å²) in [5.74, 6) is 0.415. The van der Waals surface area contributed by atoms with Gasteiger partial charge in [0.05, 0.1) is 12.2 Å². The van der Waals surface area contributed by atoms with Crippen molar-refractivity contribution < 1.29 is 14.3 Å². The molecule has 2 aromatic carbocycles. The molecule has 2 rings (SSSR count). The molecule has 0 aromatic heterocycles. The maximum Gasteiger partial charge on any atom is 0.252 e. The molecule has 0 spiro atoms. The van der Waals surface area contributed by atoms with E-state index in [2.05, 4.69) is 0 Å². The number of nitrogen functional groups attached to an aromatic ring is 1. The fourth-order valence-electron chi connectivity index (χ4n) is 1.90. The molecule has 110 valence electrons. The van der Waals surface area contributed by atoms with Gasteiger partial charge in [0.25, 0.3) is 5.91 Å². The van der Waals surface area contributed by atoms with Crippen LogP contribution in [0, 0.1) is 0 Å². The van der Waals surface area contributed by atoms with E-state index in [1.54, 1.807) is 25.3 Å². The van der Waals surface area contributed by atoms with Crippen molar-refractivity contribution in [2.45, 2.75) is 6.42 Å². The summed E-state index contributed by atoms with van der Waals surface area (Å²) in [7, 11) is 1.67. The van der Waals surface area contributed by atoms with Crippen molar-refractivity contribution in [2.24, 2.45) is 5.73 Å². The molecule has 0 radical (unpaired) electrons. The molecule has 0 bridgehead atoms. The molecular weight excluding hydrogens is 268 g/mol. The molecule has 5 heteroatoms. The summed E-state index contributed by atoms with van der Waals surface area (Å²) in [4.78, 5) is 11.4. The van der Waals surface area contributed by atoms with Crippen LogP contribution in [0.4, 0.5) is 5.69 Å². The second kappa shape index (κ2) is 6.76.